The highest BCUT2D eigenvalue weighted by Crippen LogP contribution is 2.10. The Labute approximate surface area is 149 Å². The molecule has 5 nitrogen and oxygen atoms in total. The summed E-state index contributed by atoms with van der Waals surface area (Å²) in [6.07, 6.45) is 1.57. The third-order valence-corrected chi connectivity index (χ3v) is 3.18. The summed E-state index contributed by atoms with van der Waals surface area (Å²) in [5.41, 5.74) is 7.58. The van der Waals surface area contributed by atoms with Crippen LogP contribution in [-0.4, -0.2) is 31.5 Å². The molecule has 0 aliphatic carbocycles. The zero-order valence-electron chi connectivity index (χ0n) is 13.1. The molecule has 126 valence electrons. The Morgan fingerprint density at radius 3 is 2.35 bits per heavy atom. The fourth-order valence-corrected chi connectivity index (χ4v) is 1.91. The van der Waals surface area contributed by atoms with Crippen LogP contribution in [0, 0.1) is 0 Å². The second-order valence-electron chi connectivity index (χ2n) is 5.03. The van der Waals surface area contributed by atoms with Crippen LogP contribution in [-0.2, 0) is 0 Å². The van der Waals surface area contributed by atoms with E-state index in [0.717, 1.165) is 11.4 Å². The summed E-state index contributed by atoms with van der Waals surface area (Å²) >= 11 is 0. The first-order valence-electron chi connectivity index (χ1n) is 6.80. The quantitative estimate of drug-likeness (QED) is 0.862. The van der Waals surface area contributed by atoms with E-state index in [-0.39, 0.29) is 36.8 Å². The number of nitrogens with zero attached hydrogens (tertiary/aromatic N) is 2. The lowest BCUT2D eigenvalue weighted by atomic mass is 10.1. The molecule has 1 amide bonds. The van der Waals surface area contributed by atoms with Crippen molar-refractivity contribution in [2.45, 2.75) is 6.04 Å². The number of halogens is 2. The number of pyridine rings is 1. The predicted octanol–water partition coefficient (Wildman–Crippen LogP) is 2.42. The van der Waals surface area contributed by atoms with Gasteiger partial charge in [-0.05, 0) is 17.7 Å². The van der Waals surface area contributed by atoms with Crippen LogP contribution < -0.4 is 16.0 Å². The maximum atomic E-state index is 12.0. The van der Waals surface area contributed by atoms with Crippen LogP contribution in [0.15, 0.2) is 48.7 Å². The van der Waals surface area contributed by atoms with Crippen molar-refractivity contribution in [3.05, 3.63) is 59.8 Å². The first-order chi connectivity index (χ1) is 10.1. The molecular weight excluding hydrogens is 335 g/mol. The molecule has 1 aromatic heterocycles. The Bertz CT molecular complexity index is 591. The van der Waals surface area contributed by atoms with Gasteiger partial charge in [-0.2, -0.15) is 0 Å². The van der Waals surface area contributed by atoms with Gasteiger partial charge < -0.3 is 16.0 Å². The number of rotatable bonds is 5. The third-order valence-electron chi connectivity index (χ3n) is 3.18. The lowest BCUT2D eigenvalue weighted by molar-refractivity contribution is 0.0951. The monoisotopic (exact) mass is 356 g/mol. The molecule has 1 atom stereocenters. The van der Waals surface area contributed by atoms with Gasteiger partial charge in [-0.15, -0.1) is 24.8 Å². The van der Waals surface area contributed by atoms with Crippen LogP contribution in [0.5, 0.6) is 0 Å². The maximum Gasteiger partial charge on any atom is 0.252 e. The van der Waals surface area contributed by atoms with Crippen molar-refractivity contribution in [2.24, 2.45) is 5.73 Å². The average molecular weight is 357 g/mol. The summed E-state index contributed by atoms with van der Waals surface area (Å²) in [6, 6.07) is 13.0. The van der Waals surface area contributed by atoms with E-state index in [9.17, 15) is 4.79 Å². The lowest BCUT2D eigenvalue weighted by Gasteiger charge is -2.14. The number of nitrogens with one attached hydrogen (secondary N) is 1. The summed E-state index contributed by atoms with van der Waals surface area (Å²) in [4.78, 5) is 18.1. The van der Waals surface area contributed by atoms with Crippen molar-refractivity contribution in [1.29, 1.82) is 0 Å². The summed E-state index contributed by atoms with van der Waals surface area (Å²) in [5, 5.41) is 2.83. The van der Waals surface area contributed by atoms with Crippen LogP contribution in [0.2, 0.25) is 0 Å². The van der Waals surface area contributed by atoms with Crippen LogP contribution in [0.3, 0.4) is 0 Å². The number of anilines is 1. The van der Waals surface area contributed by atoms with Crippen LogP contribution in [0.1, 0.15) is 22.0 Å². The molecule has 3 N–H and O–H groups in total. The first kappa shape index (κ1) is 21.2. The Kier molecular flexibility index (Phi) is 9.25. The molecule has 0 saturated carbocycles. The van der Waals surface area contributed by atoms with Gasteiger partial charge in [-0.25, -0.2) is 4.98 Å². The molecule has 2 rings (SSSR count). The van der Waals surface area contributed by atoms with Gasteiger partial charge in [0.25, 0.3) is 5.91 Å². The van der Waals surface area contributed by atoms with Crippen molar-refractivity contribution < 1.29 is 4.79 Å². The van der Waals surface area contributed by atoms with Gasteiger partial charge in [0.15, 0.2) is 0 Å². The van der Waals surface area contributed by atoms with Gasteiger partial charge in [0.2, 0.25) is 0 Å². The number of amides is 1. The molecule has 0 aliphatic heterocycles. The van der Waals surface area contributed by atoms with E-state index in [0.29, 0.717) is 12.1 Å². The summed E-state index contributed by atoms with van der Waals surface area (Å²) in [5.74, 6) is 0.645. The molecule has 7 heteroatoms. The van der Waals surface area contributed by atoms with Crippen LogP contribution >= 0.6 is 24.8 Å². The van der Waals surface area contributed by atoms with E-state index in [2.05, 4.69) is 10.3 Å². The van der Waals surface area contributed by atoms with E-state index in [1.54, 1.807) is 12.3 Å². The molecular formula is C16H22Cl2N4O. The Balaban J connectivity index is 0.00000242. The Morgan fingerprint density at radius 2 is 1.83 bits per heavy atom. The minimum Gasteiger partial charge on any atom is -0.363 e. The second kappa shape index (κ2) is 10.0. The zero-order chi connectivity index (χ0) is 15.2. The van der Waals surface area contributed by atoms with Gasteiger partial charge in [0.1, 0.15) is 5.82 Å². The molecule has 1 unspecified atom stereocenters. The van der Waals surface area contributed by atoms with E-state index in [4.69, 9.17) is 5.73 Å². The van der Waals surface area contributed by atoms with Crippen molar-refractivity contribution in [1.82, 2.24) is 10.3 Å². The van der Waals surface area contributed by atoms with Crippen molar-refractivity contribution in [2.75, 3.05) is 25.5 Å². The van der Waals surface area contributed by atoms with Crippen molar-refractivity contribution >= 4 is 36.5 Å². The highest BCUT2D eigenvalue weighted by molar-refractivity contribution is 5.94. The summed E-state index contributed by atoms with van der Waals surface area (Å²) in [7, 11) is 3.81. The number of hydrogen-bond donors (Lipinski definition) is 2. The largest absolute Gasteiger partial charge is 0.363 e. The Hall–Kier alpha value is -1.82. The SMILES string of the molecule is CN(C)c1ccc(C(=O)NCC(N)c2ccccc2)cn1.Cl.Cl. The topological polar surface area (TPSA) is 71.2 Å². The summed E-state index contributed by atoms with van der Waals surface area (Å²) < 4.78 is 0. The molecule has 0 spiro atoms. The first-order valence-corrected chi connectivity index (χ1v) is 6.80. The minimum absolute atomic E-state index is 0. The molecule has 1 aromatic carbocycles. The number of aromatic nitrogens is 1. The van der Waals surface area contributed by atoms with Gasteiger partial charge in [0.05, 0.1) is 5.56 Å². The van der Waals surface area contributed by atoms with Gasteiger partial charge >= 0.3 is 0 Å². The smallest absolute Gasteiger partial charge is 0.252 e. The van der Waals surface area contributed by atoms with E-state index in [1.807, 2.05) is 55.4 Å². The minimum atomic E-state index is -0.218. The molecule has 0 fully saturated rings. The average Bonchev–Trinajstić information content (AvgIpc) is 2.53. The number of benzene rings is 1. The summed E-state index contributed by atoms with van der Waals surface area (Å²) in [6.45, 7) is 0.387. The molecule has 23 heavy (non-hydrogen) atoms. The molecule has 1 heterocycles. The van der Waals surface area contributed by atoms with E-state index in [1.165, 1.54) is 0 Å². The van der Waals surface area contributed by atoms with Crippen LogP contribution in [0.25, 0.3) is 0 Å². The number of hydrogen-bond acceptors (Lipinski definition) is 4. The number of carbonyl (C=O) groups excluding carboxylic acids is 1. The van der Waals surface area contributed by atoms with Crippen LogP contribution in [0.4, 0.5) is 5.82 Å². The van der Waals surface area contributed by atoms with Gasteiger partial charge in [0, 0.05) is 32.9 Å². The number of nitrogens with two attached hydrogens (primary N) is 1. The normalized spacial score (nSPS) is 10.7. The predicted molar refractivity (Wildman–Crippen MR) is 98.8 cm³/mol. The standard InChI is InChI=1S/C16H20N4O.2ClH/c1-20(2)15-9-8-13(10-18-15)16(21)19-11-14(17)12-6-4-3-5-7-12;;/h3-10,14H,11,17H2,1-2H3,(H,19,21);2*1H. The third kappa shape index (κ3) is 6.06. The highest BCUT2D eigenvalue weighted by atomic mass is 35.5. The molecule has 0 aliphatic rings. The fraction of sp³-hybridized carbons (Fsp3) is 0.250. The lowest BCUT2D eigenvalue weighted by Crippen LogP contribution is -2.32. The van der Waals surface area contributed by atoms with E-state index < -0.39 is 0 Å². The highest BCUT2D eigenvalue weighted by Gasteiger charge is 2.10. The molecule has 0 bridgehead atoms. The zero-order valence-corrected chi connectivity index (χ0v) is 14.7. The van der Waals surface area contributed by atoms with Crippen molar-refractivity contribution in [3.8, 4) is 0 Å². The number of carbonyl (C=O) groups is 1. The fourth-order valence-electron chi connectivity index (χ4n) is 1.91. The molecule has 0 saturated heterocycles. The molecule has 0 radical (unpaired) electrons. The van der Waals surface area contributed by atoms with Gasteiger partial charge in [-0.3, -0.25) is 4.79 Å². The molecule has 2 aromatic rings. The Morgan fingerprint density at radius 1 is 1.17 bits per heavy atom. The van der Waals surface area contributed by atoms with E-state index >= 15 is 0 Å². The second-order valence-corrected chi connectivity index (χ2v) is 5.03. The van der Waals surface area contributed by atoms with Gasteiger partial charge in [-0.1, -0.05) is 30.3 Å². The van der Waals surface area contributed by atoms with Crippen molar-refractivity contribution in [3.63, 3.8) is 0 Å². The maximum absolute atomic E-state index is 12.0.